The number of carboxylic acid groups (broad SMARTS) is 1. The molecule has 1 rings (SSSR count). The van der Waals surface area contributed by atoms with Crippen molar-refractivity contribution in [1.29, 1.82) is 0 Å². The summed E-state index contributed by atoms with van der Waals surface area (Å²) >= 11 is 0. The van der Waals surface area contributed by atoms with Gasteiger partial charge >= 0.3 is 12.0 Å². The van der Waals surface area contributed by atoms with Gasteiger partial charge in [0.15, 0.2) is 0 Å². The fourth-order valence-corrected chi connectivity index (χ4v) is 2.29. The van der Waals surface area contributed by atoms with E-state index in [0.29, 0.717) is 5.92 Å². The van der Waals surface area contributed by atoms with E-state index in [0.717, 1.165) is 19.3 Å². The van der Waals surface area contributed by atoms with Crippen LogP contribution in [0.4, 0.5) is 4.79 Å². The van der Waals surface area contributed by atoms with Crippen LogP contribution in [0.1, 0.15) is 39.0 Å². The summed E-state index contributed by atoms with van der Waals surface area (Å²) in [4.78, 5) is 22.5. The van der Waals surface area contributed by atoms with Gasteiger partial charge in [0.25, 0.3) is 0 Å². The van der Waals surface area contributed by atoms with Crippen molar-refractivity contribution in [2.24, 2.45) is 5.92 Å². The van der Waals surface area contributed by atoms with E-state index in [1.807, 2.05) is 0 Å². The molecule has 1 saturated carbocycles. The van der Waals surface area contributed by atoms with Gasteiger partial charge in [-0.25, -0.2) is 9.59 Å². The lowest BCUT2D eigenvalue weighted by Gasteiger charge is -2.30. The summed E-state index contributed by atoms with van der Waals surface area (Å²) in [5.41, 5.74) is 0. The maximum Gasteiger partial charge on any atom is 0.326 e. The van der Waals surface area contributed by atoms with Gasteiger partial charge in [-0.15, -0.1) is 0 Å². The van der Waals surface area contributed by atoms with Crippen LogP contribution in [0.25, 0.3) is 0 Å². The highest BCUT2D eigenvalue weighted by molar-refractivity contribution is 5.82. The molecule has 6 heteroatoms. The molecule has 3 atom stereocenters. The maximum absolute atomic E-state index is 11.7. The Morgan fingerprint density at radius 3 is 2.56 bits per heavy atom. The summed E-state index contributed by atoms with van der Waals surface area (Å²) in [6.07, 6.45) is 4.32. The molecule has 0 radical (unpaired) electrons. The first kappa shape index (κ1) is 14.8. The van der Waals surface area contributed by atoms with Gasteiger partial charge in [-0.2, -0.15) is 0 Å². The quantitative estimate of drug-likeness (QED) is 0.583. The summed E-state index contributed by atoms with van der Waals surface area (Å²) in [6, 6.07) is -1.38. The molecule has 0 heterocycles. The van der Waals surface area contributed by atoms with Crippen molar-refractivity contribution in [2.45, 2.75) is 51.1 Å². The number of carbonyl (C=O) groups excluding carboxylic acids is 1. The van der Waals surface area contributed by atoms with Crippen LogP contribution in [0.3, 0.4) is 0 Å². The molecule has 0 bridgehead atoms. The zero-order valence-electron chi connectivity index (χ0n) is 10.7. The summed E-state index contributed by atoms with van der Waals surface area (Å²) in [6.45, 7) is 1.82. The molecule has 1 aliphatic carbocycles. The molecule has 0 aromatic rings. The van der Waals surface area contributed by atoms with Gasteiger partial charge in [-0.05, 0) is 18.8 Å². The van der Waals surface area contributed by atoms with E-state index in [1.54, 1.807) is 0 Å². The molecule has 2 amide bonds. The average molecular weight is 258 g/mol. The smallest absolute Gasteiger partial charge is 0.326 e. The molecule has 1 fully saturated rings. The van der Waals surface area contributed by atoms with E-state index in [1.165, 1.54) is 6.42 Å². The second-order valence-electron chi connectivity index (χ2n) is 4.89. The molecule has 4 N–H and O–H groups in total. The molecule has 0 aromatic carbocycles. The van der Waals surface area contributed by atoms with Gasteiger partial charge in [-0.3, -0.25) is 0 Å². The predicted octanol–water partition coefficient (Wildman–Crippen LogP) is 0.700. The van der Waals surface area contributed by atoms with Crippen LogP contribution in [0.15, 0.2) is 0 Å². The fourth-order valence-electron chi connectivity index (χ4n) is 2.29. The molecule has 0 saturated heterocycles. The number of nitrogens with one attached hydrogen (secondary N) is 2. The van der Waals surface area contributed by atoms with E-state index < -0.39 is 18.0 Å². The van der Waals surface area contributed by atoms with E-state index >= 15 is 0 Å². The van der Waals surface area contributed by atoms with Gasteiger partial charge in [0.05, 0.1) is 0 Å². The van der Waals surface area contributed by atoms with Gasteiger partial charge in [0.2, 0.25) is 0 Å². The van der Waals surface area contributed by atoms with Gasteiger partial charge in [0, 0.05) is 19.1 Å². The van der Waals surface area contributed by atoms with Gasteiger partial charge in [0.1, 0.15) is 6.04 Å². The number of aliphatic hydroxyl groups excluding tert-OH is 1. The molecular weight excluding hydrogens is 236 g/mol. The fraction of sp³-hybridized carbons (Fsp3) is 0.833. The topological polar surface area (TPSA) is 98.7 Å². The van der Waals surface area contributed by atoms with Crippen molar-refractivity contribution in [1.82, 2.24) is 10.6 Å². The molecule has 0 spiro atoms. The third kappa shape index (κ3) is 4.52. The minimum absolute atomic E-state index is 0.0168. The number of rotatable bonds is 5. The number of carbonyl (C=O) groups is 2. The second-order valence-corrected chi connectivity index (χ2v) is 4.89. The number of urea groups is 1. The molecular formula is C12H22N2O4. The van der Waals surface area contributed by atoms with E-state index in [4.69, 9.17) is 10.2 Å². The lowest BCUT2D eigenvalue weighted by Crippen LogP contribution is -2.51. The van der Waals surface area contributed by atoms with E-state index in [9.17, 15) is 9.59 Å². The molecule has 0 aromatic heterocycles. The lowest BCUT2D eigenvalue weighted by molar-refractivity contribution is -0.139. The summed E-state index contributed by atoms with van der Waals surface area (Å²) in [5.74, 6) is -0.707. The first-order valence-corrected chi connectivity index (χ1v) is 6.45. The van der Waals surface area contributed by atoms with Gasteiger partial charge < -0.3 is 20.8 Å². The van der Waals surface area contributed by atoms with Gasteiger partial charge in [-0.1, -0.05) is 19.8 Å². The second kappa shape index (κ2) is 7.20. The van der Waals surface area contributed by atoms with Crippen LogP contribution in [0.5, 0.6) is 0 Å². The number of aliphatic hydroxyl groups is 1. The zero-order chi connectivity index (χ0) is 13.5. The van der Waals surface area contributed by atoms with Crippen LogP contribution < -0.4 is 10.6 Å². The van der Waals surface area contributed by atoms with E-state index in [2.05, 4.69) is 17.6 Å². The molecule has 6 nitrogen and oxygen atoms in total. The number of amides is 2. The highest BCUT2D eigenvalue weighted by atomic mass is 16.4. The zero-order valence-corrected chi connectivity index (χ0v) is 10.7. The minimum atomic E-state index is -1.13. The SMILES string of the molecule is CC1CCCCC1NC(=O)NC(CCO)C(=O)O. The minimum Gasteiger partial charge on any atom is -0.480 e. The summed E-state index contributed by atoms with van der Waals surface area (Å²) < 4.78 is 0. The number of carboxylic acids is 1. The predicted molar refractivity (Wildman–Crippen MR) is 66.2 cm³/mol. The van der Waals surface area contributed by atoms with Crippen LogP contribution >= 0.6 is 0 Å². The molecule has 1 aliphatic rings. The monoisotopic (exact) mass is 258 g/mol. The lowest BCUT2D eigenvalue weighted by atomic mass is 9.86. The first-order chi connectivity index (χ1) is 8.54. The molecule has 104 valence electrons. The van der Waals surface area contributed by atoms with Crippen molar-refractivity contribution in [3.63, 3.8) is 0 Å². The maximum atomic E-state index is 11.7. The Labute approximate surface area is 107 Å². The Morgan fingerprint density at radius 2 is 2.00 bits per heavy atom. The summed E-state index contributed by atoms with van der Waals surface area (Å²) in [7, 11) is 0. The Hall–Kier alpha value is -1.30. The normalized spacial score (nSPS) is 25.2. The Bertz CT molecular complexity index is 296. The standard InChI is InChI=1S/C12H22N2O4/c1-8-4-2-3-5-9(8)13-12(18)14-10(6-7-15)11(16)17/h8-10,15H,2-7H2,1H3,(H,16,17)(H2,13,14,18). The highest BCUT2D eigenvalue weighted by Crippen LogP contribution is 2.23. The van der Waals surface area contributed by atoms with E-state index in [-0.39, 0.29) is 19.1 Å². The Balaban J connectivity index is 2.41. The van der Waals surface area contributed by atoms with Crippen molar-refractivity contribution in [2.75, 3.05) is 6.61 Å². The first-order valence-electron chi connectivity index (χ1n) is 6.45. The van der Waals surface area contributed by atoms with Crippen LogP contribution in [-0.2, 0) is 4.79 Å². The van der Waals surface area contributed by atoms with Crippen molar-refractivity contribution < 1.29 is 19.8 Å². The number of aliphatic carboxylic acids is 1. The molecule has 0 aliphatic heterocycles. The Kier molecular flexibility index (Phi) is 5.91. The van der Waals surface area contributed by atoms with Crippen molar-refractivity contribution in [3.8, 4) is 0 Å². The van der Waals surface area contributed by atoms with Crippen molar-refractivity contribution >= 4 is 12.0 Å². The van der Waals surface area contributed by atoms with Crippen LogP contribution in [0, 0.1) is 5.92 Å². The van der Waals surface area contributed by atoms with Crippen molar-refractivity contribution in [3.05, 3.63) is 0 Å². The average Bonchev–Trinajstić information content (AvgIpc) is 2.31. The highest BCUT2D eigenvalue weighted by Gasteiger charge is 2.25. The Morgan fingerprint density at radius 1 is 1.33 bits per heavy atom. The third-order valence-corrected chi connectivity index (χ3v) is 3.45. The van der Waals surface area contributed by atoms with Crippen LogP contribution in [0.2, 0.25) is 0 Å². The van der Waals surface area contributed by atoms with Crippen LogP contribution in [-0.4, -0.2) is 40.9 Å². The third-order valence-electron chi connectivity index (χ3n) is 3.45. The largest absolute Gasteiger partial charge is 0.480 e. The number of hydrogen-bond donors (Lipinski definition) is 4. The summed E-state index contributed by atoms with van der Waals surface area (Å²) in [5, 5.41) is 22.8. The molecule has 18 heavy (non-hydrogen) atoms. The molecule has 3 unspecified atom stereocenters. The number of hydrogen-bond acceptors (Lipinski definition) is 3.